The number of ether oxygens (including phenoxy) is 1. The summed E-state index contributed by atoms with van der Waals surface area (Å²) in [6, 6.07) is 3.66. The van der Waals surface area contributed by atoms with E-state index in [2.05, 4.69) is 20.7 Å². The molecule has 0 saturated heterocycles. The number of aliphatic hydroxyl groups is 1. The maximum Gasteiger partial charge on any atom is 0.415 e. The Morgan fingerprint density at radius 2 is 1.95 bits per heavy atom. The van der Waals surface area contributed by atoms with Crippen molar-refractivity contribution in [3.63, 3.8) is 0 Å². The van der Waals surface area contributed by atoms with E-state index in [0.717, 1.165) is 6.42 Å². The lowest BCUT2D eigenvalue weighted by molar-refractivity contribution is -0.104. The van der Waals surface area contributed by atoms with E-state index >= 15 is 0 Å². The van der Waals surface area contributed by atoms with Crippen LogP contribution in [0, 0.1) is 0 Å². The van der Waals surface area contributed by atoms with Crippen LogP contribution in [0.15, 0.2) is 35.4 Å². The molecule has 232 valence electrons. The van der Waals surface area contributed by atoms with E-state index < -0.39 is 53.6 Å². The third-order valence-electron chi connectivity index (χ3n) is 7.70. The lowest BCUT2D eigenvalue weighted by Crippen LogP contribution is -2.44. The highest BCUT2D eigenvalue weighted by atomic mass is 19.3. The molecule has 1 unspecified atom stereocenters. The number of carbonyl (C=O) groups excluding carboxylic acids is 2. The van der Waals surface area contributed by atoms with Crippen LogP contribution in [0.3, 0.4) is 0 Å². The molecule has 0 aromatic carbocycles. The number of rotatable bonds is 6. The predicted molar refractivity (Wildman–Crippen MR) is 155 cm³/mol. The van der Waals surface area contributed by atoms with Crippen LogP contribution in [-0.2, 0) is 4.74 Å². The molecular weight excluding hydrogens is 564 g/mol. The number of hydrogen-bond acceptors (Lipinski definition) is 8. The van der Waals surface area contributed by atoms with Gasteiger partial charge in [-0.15, -0.1) is 0 Å². The summed E-state index contributed by atoms with van der Waals surface area (Å²) < 4.78 is 35.1. The molecule has 43 heavy (non-hydrogen) atoms. The van der Waals surface area contributed by atoms with E-state index in [0.29, 0.717) is 19.3 Å². The summed E-state index contributed by atoms with van der Waals surface area (Å²) in [5.41, 5.74) is -1.88. The van der Waals surface area contributed by atoms with Gasteiger partial charge in [-0.25, -0.2) is 18.6 Å². The van der Waals surface area contributed by atoms with Gasteiger partial charge in [0.1, 0.15) is 28.5 Å². The molecule has 2 saturated carbocycles. The van der Waals surface area contributed by atoms with Gasteiger partial charge in [-0.1, -0.05) is 0 Å². The van der Waals surface area contributed by atoms with Crippen molar-refractivity contribution < 1.29 is 28.2 Å². The topological polar surface area (TPSA) is 143 Å². The van der Waals surface area contributed by atoms with E-state index in [4.69, 9.17) is 4.74 Å². The van der Waals surface area contributed by atoms with Crippen molar-refractivity contribution >= 4 is 35.0 Å². The summed E-state index contributed by atoms with van der Waals surface area (Å²) in [5, 5.41) is 20.7. The molecule has 2 amide bonds. The fraction of sp³-hybridized carbons (Fsp3) is 0.552. The minimum absolute atomic E-state index is 0.0791. The maximum atomic E-state index is 13.5. The van der Waals surface area contributed by atoms with Gasteiger partial charge in [0.15, 0.2) is 5.65 Å². The van der Waals surface area contributed by atoms with E-state index in [1.807, 2.05) is 0 Å². The first kappa shape index (κ1) is 30.4. The van der Waals surface area contributed by atoms with E-state index in [1.165, 1.54) is 45.6 Å². The predicted octanol–water partition coefficient (Wildman–Crippen LogP) is 4.40. The van der Waals surface area contributed by atoms with Gasteiger partial charge in [0, 0.05) is 44.2 Å². The van der Waals surface area contributed by atoms with Crippen molar-refractivity contribution in [1.82, 2.24) is 24.5 Å². The Hall–Kier alpha value is -4.07. The fourth-order valence-electron chi connectivity index (χ4n) is 5.54. The quantitative estimate of drug-likeness (QED) is 0.377. The van der Waals surface area contributed by atoms with Crippen LogP contribution in [0.4, 0.5) is 30.9 Å². The number of nitrogens with one attached hydrogen (secondary N) is 2. The number of halogens is 2. The molecule has 2 atom stereocenters. The molecule has 0 spiro atoms. The van der Waals surface area contributed by atoms with Gasteiger partial charge in [0.2, 0.25) is 0 Å². The zero-order chi connectivity index (χ0) is 31.3. The molecule has 2 fully saturated rings. The molecule has 0 aliphatic heterocycles. The lowest BCUT2D eigenvalue weighted by Gasteiger charge is -2.36. The molecule has 12 nitrogen and oxygen atoms in total. The van der Waals surface area contributed by atoms with Crippen LogP contribution in [0.2, 0.25) is 0 Å². The van der Waals surface area contributed by atoms with Crippen LogP contribution >= 0.6 is 0 Å². The molecule has 0 radical (unpaired) electrons. The number of fused-ring (bicyclic) bond motifs is 1. The smallest absolute Gasteiger partial charge is 0.415 e. The third-order valence-corrected chi connectivity index (χ3v) is 7.70. The van der Waals surface area contributed by atoms with Crippen molar-refractivity contribution in [2.75, 3.05) is 17.3 Å². The normalized spacial score (nSPS) is 22.1. The van der Waals surface area contributed by atoms with Crippen LogP contribution in [0.25, 0.3) is 5.65 Å². The number of carbonyl (C=O) groups is 2. The van der Waals surface area contributed by atoms with Gasteiger partial charge >= 0.3 is 6.09 Å². The molecule has 2 aliphatic carbocycles. The Morgan fingerprint density at radius 1 is 1.23 bits per heavy atom. The second-order valence-corrected chi connectivity index (χ2v) is 12.8. The van der Waals surface area contributed by atoms with Crippen LogP contribution in [-0.4, -0.2) is 66.5 Å². The highest BCUT2D eigenvalue weighted by Gasteiger charge is 2.46. The SMILES string of the molecule is CN(C(=O)OC(C)(C)C)c1cc(Nc2cccn(C3CC(F)(F)C3)c2=O)nc2c(C(=O)NC3CCC[C@@](C)(O)C3)cnn12. The molecule has 3 heterocycles. The van der Waals surface area contributed by atoms with E-state index in [-0.39, 0.29) is 34.6 Å². The molecule has 0 bridgehead atoms. The Kier molecular flexibility index (Phi) is 7.69. The first-order valence-electron chi connectivity index (χ1n) is 14.3. The zero-order valence-corrected chi connectivity index (χ0v) is 24.9. The Bertz CT molecular complexity index is 1600. The zero-order valence-electron chi connectivity index (χ0n) is 24.9. The van der Waals surface area contributed by atoms with Gasteiger partial charge in [0.05, 0.1) is 11.8 Å². The average Bonchev–Trinajstić information content (AvgIpc) is 3.30. The van der Waals surface area contributed by atoms with Crippen LogP contribution in [0.5, 0.6) is 0 Å². The summed E-state index contributed by atoms with van der Waals surface area (Å²) in [6.07, 6.45) is 3.79. The first-order valence-corrected chi connectivity index (χ1v) is 14.3. The summed E-state index contributed by atoms with van der Waals surface area (Å²) in [5.74, 6) is -2.95. The lowest BCUT2D eigenvalue weighted by atomic mass is 9.83. The Morgan fingerprint density at radius 3 is 2.60 bits per heavy atom. The van der Waals surface area contributed by atoms with Gasteiger partial charge in [-0.05, 0) is 65.5 Å². The molecular formula is C29H37F2N7O5. The standard InChI is InChI=1S/C29H37F2N7O5/c1-27(2,3)43-26(41)36(5)22-12-21(34-20-9-7-11-37(25(20)40)18-14-29(30,31)15-18)35-23-19(16-32-38(22)23)24(39)33-17-8-6-10-28(4,42)13-17/h7,9,11-12,16-18,42H,6,8,10,13-15H2,1-5H3,(H,33,39)(H,34,35)/t17?,28-/m1/s1. The number of amides is 2. The number of anilines is 3. The van der Waals surface area contributed by atoms with Gasteiger partial charge in [0.25, 0.3) is 17.4 Å². The number of nitrogens with zero attached hydrogens (tertiary/aromatic N) is 5. The number of pyridine rings is 1. The first-order chi connectivity index (χ1) is 20.0. The van der Waals surface area contributed by atoms with Crippen molar-refractivity contribution in [3.05, 3.63) is 46.5 Å². The number of alkyl halides is 2. The van der Waals surface area contributed by atoms with Crippen LogP contribution < -0.4 is 21.1 Å². The van der Waals surface area contributed by atoms with Crippen molar-refractivity contribution in [2.24, 2.45) is 0 Å². The fourth-order valence-corrected chi connectivity index (χ4v) is 5.54. The van der Waals surface area contributed by atoms with E-state index in [1.54, 1.807) is 33.8 Å². The summed E-state index contributed by atoms with van der Waals surface area (Å²) in [4.78, 5) is 45.4. The van der Waals surface area contributed by atoms with Crippen molar-refractivity contribution in [3.8, 4) is 0 Å². The average molecular weight is 602 g/mol. The van der Waals surface area contributed by atoms with Gasteiger partial charge in [-0.2, -0.15) is 9.61 Å². The van der Waals surface area contributed by atoms with Crippen molar-refractivity contribution in [2.45, 2.75) is 95.4 Å². The van der Waals surface area contributed by atoms with Crippen LogP contribution in [0.1, 0.15) is 82.6 Å². The Balaban J connectivity index is 1.51. The largest absolute Gasteiger partial charge is 0.443 e. The molecule has 3 aromatic heterocycles. The third kappa shape index (κ3) is 6.63. The highest BCUT2D eigenvalue weighted by molar-refractivity contribution is 6.00. The van der Waals surface area contributed by atoms with Gasteiger partial charge in [-0.3, -0.25) is 14.5 Å². The monoisotopic (exact) mass is 601 g/mol. The minimum Gasteiger partial charge on any atom is -0.443 e. The summed E-state index contributed by atoms with van der Waals surface area (Å²) in [6.45, 7) is 6.93. The van der Waals surface area contributed by atoms with E-state index in [9.17, 15) is 28.3 Å². The second kappa shape index (κ2) is 10.9. The van der Waals surface area contributed by atoms with Gasteiger partial charge < -0.3 is 25.0 Å². The second-order valence-electron chi connectivity index (χ2n) is 12.8. The summed E-state index contributed by atoms with van der Waals surface area (Å²) in [7, 11) is 1.48. The molecule has 2 aliphatic rings. The minimum atomic E-state index is -2.80. The number of aromatic nitrogens is 4. The summed E-state index contributed by atoms with van der Waals surface area (Å²) >= 11 is 0. The highest BCUT2D eigenvalue weighted by Crippen LogP contribution is 2.44. The number of hydrogen-bond donors (Lipinski definition) is 3. The Labute approximate surface area is 247 Å². The molecule has 3 N–H and O–H groups in total. The molecule has 3 aromatic rings. The maximum absolute atomic E-state index is 13.5. The molecule has 14 heteroatoms. The molecule has 5 rings (SSSR count). The van der Waals surface area contributed by atoms with Crippen molar-refractivity contribution in [1.29, 1.82) is 0 Å².